The van der Waals surface area contributed by atoms with Crippen LogP contribution in [0, 0.1) is 0 Å². The molecule has 0 bridgehead atoms. The third-order valence-corrected chi connectivity index (χ3v) is 1.69. The number of hydrogen-bond acceptors (Lipinski definition) is 5. The lowest BCUT2D eigenvalue weighted by Crippen LogP contribution is -2.07. The highest BCUT2D eigenvalue weighted by Gasteiger charge is 1.99. The number of aliphatic carboxylic acids is 1. The standard InChI is InChI=1S/C9H13N3O3/c1-15-7-4-6-11-9(12-7)10-5-2-3-8(13)14/h4,6H,2-3,5H2,1H3,(H,13,14)(H,10,11,12). The number of nitrogens with one attached hydrogen (secondary N) is 1. The van der Waals surface area contributed by atoms with Gasteiger partial charge in [-0.05, 0) is 6.42 Å². The summed E-state index contributed by atoms with van der Waals surface area (Å²) in [6.07, 6.45) is 2.25. The third kappa shape index (κ3) is 4.26. The fraction of sp³-hybridized carbons (Fsp3) is 0.444. The first-order valence-electron chi connectivity index (χ1n) is 4.55. The first-order chi connectivity index (χ1) is 7.22. The molecule has 0 aromatic carbocycles. The highest BCUT2D eigenvalue weighted by atomic mass is 16.5. The lowest BCUT2D eigenvalue weighted by atomic mass is 10.3. The molecule has 0 saturated carbocycles. The second-order valence-electron chi connectivity index (χ2n) is 2.85. The average Bonchev–Trinajstić information content (AvgIpc) is 2.24. The van der Waals surface area contributed by atoms with E-state index in [0.29, 0.717) is 24.8 Å². The summed E-state index contributed by atoms with van der Waals surface area (Å²) in [7, 11) is 1.52. The monoisotopic (exact) mass is 211 g/mol. The van der Waals surface area contributed by atoms with Crippen LogP contribution in [0.15, 0.2) is 12.3 Å². The van der Waals surface area contributed by atoms with E-state index in [0.717, 1.165) is 0 Å². The van der Waals surface area contributed by atoms with Crippen LogP contribution in [0.1, 0.15) is 12.8 Å². The Kier molecular flexibility index (Phi) is 4.33. The van der Waals surface area contributed by atoms with Gasteiger partial charge < -0.3 is 15.2 Å². The van der Waals surface area contributed by atoms with E-state index in [-0.39, 0.29) is 6.42 Å². The van der Waals surface area contributed by atoms with Crippen LogP contribution in [0.2, 0.25) is 0 Å². The molecule has 0 atom stereocenters. The van der Waals surface area contributed by atoms with E-state index in [9.17, 15) is 4.79 Å². The summed E-state index contributed by atoms with van der Waals surface area (Å²) >= 11 is 0. The van der Waals surface area contributed by atoms with Gasteiger partial charge in [0, 0.05) is 25.2 Å². The van der Waals surface area contributed by atoms with E-state index in [2.05, 4.69) is 15.3 Å². The zero-order valence-electron chi connectivity index (χ0n) is 8.43. The Morgan fingerprint density at radius 1 is 1.67 bits per heavy atom. The maximum Gasteiger partial charge on any atom is 0.303 e. The van der Waals surface area contributed by atoms with Crippen LogP contribution >= 0.6 is 0 Å². The second kappa shape index (κ2) is 5.79. The highest BCUT2D eigenvalue weighted by Crippen LogP contribution is 2.06. The van der Waals surface area contributed by atoms with E-state index in [4.69, 9.17) is 9.84 Å². The number of carbonyl (C=O) groups is 1. The zero-order valence-corrected chi connectivity index (χ0v) is 8.43. The van der Waals surface area contributed by atoms with Gasteiger partial charge in [-0.1, -0.05) is 0 Å². The molecular weight excluding hydrogens is 198 g/mol. The van der Waals surface area contributed by atoms with Crippen molar-refractivity contribution in [3.05, 3.63) is 12.3 Å². The lowest BCUT2D eigenvalue weighted by Gasteiger charge is -2.04. The van der Waals surface area contributed by atoms with Crippen molar-refractivity contribution in [2.45, 2.75) is 12.8 Å². The van der Waals surface area contributed by atoms with Crippen molar-refractivity contribution in [1.29, 1.82) is 0 Å². The zero-order chi connectivity index (χ0) is 11.1. The fourth-order valence-electron chi connectivity index (χ4n) is 0.981. The molecule has 0 aliphatic carbocycles. The number of methoxy groups -OCH3 is 1. The molecule has 1 aromatic heterocycles. The molecule has 1 heterocycles. The van der Waals surface area contributed by atoms with Gasteiger partial charge in [0.25, 0.3) is 0 Å². The molecule has 0 radical (unpaired) electrons. The molecule has 82 valence electrons. The Morgan fingerprint density at radius 3 is 3.13 bits per heavy atom. The van der Waals surface area contributed by atoms with E-state index < -0.39 is 5.97 Å². The molecule has 1 rings (SSSR count). The molecule has 0 aliphatic rings. The Bertz CT molecular complexity index is 330. The predicted molar refractivity (Wildman–Crippen MR) is 53.9 cm³/mol. The van der Waals surface area contributed by atoms with Crippen LogP contribution in [0.25, 0.3) is 0 Å². The number of rotatable bonds is 6. The molecule has 1 aromatic rings. The number of hydrogen-bond donors (Lipinski definition) is 2. The smallest absolute Gasteiger partial charge is 0.303 e. The van der Waals surface area contributed by atoms with Crippen LogP contribution < -0.4 is 10.1 Å². The molecule has 6 heteroatoms. The highest BCUT2D eigenvalue weighted by molar-refractivity contribution is 5.66. The molecule has 2 N–H and O–H groups in total. The Labute approximate surface area is 87.3 Å². The van der Waals surface area contributed by atoms with Crippen molar-refractivity contribution in [3.8, 4) is 5.88 Å². The molecule has 0 saturated heterocycles. The van der Waals surface area contributed by atoms with Gasteiger partial charge in [-0.25, -0.2) is 4.98 Å². The molecular formula is C9H13N3O3. The van der Waals surface area contributed by atoms with E-state index in [1.807, 2.05) is 0 Å². The predicted octanol–water partition coefficient (Wildman–Crippen LogP) is 0.762. The number of aromatic nitrogens is 2. The van der Waals surface area contributed by atoms with Crippen molar-refractivity contribution in [2.75, 3.05) is 19.0 Å². The van der Waals surface area contributed by atoms with Gasteiger partial charge >= 0.3 is 5.97 Å². The molecule has 0 fully saturated rings. The number of carboxylic acids is 1. The van der Waals surface area contributed by atoms with Crippen molar-refractivity contribution >= 4 is 11.9 Å². The maximum atomic E-state index is 10.2. The minimum absolute atomic E-state index is 0.136. The molecule has 0 unspecified atom stereocenters. The van der Waals surface area contributed by atoms with Gasteiger partial charge in [-0.2, -0.15) is 4.98 Å². The van der Waals surface area contributed by atoms with Gasteiger partial charge in [-0.3, -0.25) is 4.79 Å². The summed E-state index contributed by atoms with van der Waals surface area (Å²) in [6, 6.07) is 1.64. The Morgan fingerprint density at radius 2 is 2.47 bits per heavy atom. The summed E-state index contributed by atoms with van der Waals surface area (Å²) in [4.78, 5) is 18.2. The first-order valence-corrected chi connectivity index (χ1v) is 4.55. The van der Waals surface area contributed by atoms with Crippen LogP contribution in [0.5, 0.6) is 5.88 Å². The number of anilines is 1. The normalized spacial score (nSPS) is 9.67. The first kappa shape index (κ1) is 11.2. The van der Waals surface area contributed by atoms with E-state index in [1.165, 1.54) is 7.11 Å². The summed E-state index contributed by atoms with van der Waals surface area (Å²) < 4.78 is 4.91. The topological polar surface area (TPSA) is 84.3 Å². The maximum absolute atomic E-state index is 10.2. The van der Waals surface area contributed by atoms with Gasteiger partial charge in [0.05, 0.1) is 7.11 Å². The summed E-state index contributed by atoms with van der Waals surface area (Å²) in [5, 5.41) is 11.3. The molecule has 0 spiro atoms. The summed E-state index contributed by atoms with van der Waals surface area (Å²) in [6.45, 7) is 0.527. The van der Waals surface area contributed by atoms with Crippen molar-refractivity contribution in [3.63, 3.8) is 0 Å². The lowest BCUT2D eigenvalue weighted by molar-refractivity contribution is -0.137. The molecule has 0 aliphatic heterocycles. The number of ether oxygens (including phenoxy) is 1. The van der Waals surface area contributed by atoms with Gasteiger partial charge in [-0.15, -0.1) is 0 Å². The average molecular weight is 211 g/mol. The largest absolute Gasteiger partial charge is 0.481 e. The van der Waals surface area contributed by atoms with Crippen LogP contribution in [-0.2, 0) is 4.79 Å². The summed E-state index contributed by atoms with van der Waals surface area (Å²) in [5.74, 6) is 0.119. The number of nitrogens with zero attached hydrogens (tertiary/aromatic N) is 2. The van der Waals surface area contributed by atoms with Crippen molar-refractivity contribution in [2.24, 2.45) is 0 Å². The Balaban J connectivity index is 2.33. The third-order valence-electron chi connectivity index (χ3n) is 1.69. The minimum atomic E-state index is -0.802. The van der Waals surface area contributed by atoms with Crippen LogP contribution in [0.4, 0.5) is 5.95 Å². The fourth-order valence-corrected chi connectivity index (χ4v) is 0.981. The van der Waals surface area contributed by atoms with Gasteiger partial charge in [0.15, 0.2) is 0 Å². The Hall–Kier alpha value is -1.85. The van der Waals surface area contributed by atoms with Crippen LogP contribution in [0.3, 0.4) is 0 Å². The van der Waals surface area contributed by atoms with Crippen molar-refractivity contribution < 1.29 is 14.6 Å². The molecule has 15 heavy (non-hydrogen) atoms. The SMILES string of the molecule is COc1ccnc(NCCCC(=O)O)n1. The van der Waals surface area contributed by atoms with Gasteiger partial charge in [0.2, 0.25) is 11.8 Å². The van der Waals surface area contributed by atoms with E-state index >= 15 is 0 Å². The van der Waals surface area contributed by atoms with Crippen molar-refractivity contribution in [1.82, 2.24) is 9.97 Å². The molecule has 0 amide bonds. The van der Waals surface area contributed by atoms with Crippen LogP contribution in [-0.4, -0.2) is 34.7 Å². The van der Waals surface area contributed by atoms with E-state index in [1.54, 1.807) is 12.3 Å². The number of carboxylic acid groups (broad SMARTS) is 1. The second-order valence-corrected chi connectivity index (χ2v) is 2.85. The minimum Gasteiger partial charge on any atom is -0.481 e. The quantitative estimate of drug-likeness (QED) is 0.676. The van der Waals surface area contributed by atoms with Gasteiger partial charge in [0.1, 0.15) is 0 Å². The summed E-state index contributed by atoms with van der Waals surface area (Å²) in [5.41, 5.74) is 0. The molecule has 6 nitrogen and oxygen atoms in total.